The lowest BCUT2D eigenvalue weighted by Crippen LogP contribution is -2.40. The van der Waals surface area contributed by atoms with Gasteiger partial charge in [0.25, 0.3) is 0 Å². The van der Waals surface area contributed by atoms with E-state index in [1.165, 1.54) is 0 Å². The molecule has 0 spiro atoms. The van der Waals surface area contributed by atoms with Gasteiger partial charge in [-0.1, -0.05) is 18.2 Å². The van der Waals surface area contributed by atoms with Crippen molar-refractivity contribution in [2.24, 2.45) is 0 Å². The zero-order chi connectivity index (χ0) is 26.4. The van der Waals surface area contributed by atoms with Crippen molar-refractivity contribution in [1.29, 1.82) is 0 Å². The van der Waals surface area contributed by atoms with Gasteiger partial charge in [0.05, 0.1) is 18.3 Å². The van der Waals surface area contributed by atoms with Crippen LogP contribution in [0.3, 0.4) is 0 Å². The van der Waals surface area contributed by atoms with E-state index in [-0.39, 0.29) is 18.7 Å². The van der Waals surface area contributed by atoms with Crippen molar-refractivity contribution in [3.8, 4) is 22.8 Å². The van der Waals surface area contributed by atoms with E-state index >= 15 is 0 Å². The van der Waals surface area contributed by atoms with Gasteiger partial charge in [-0.3, -0.25) is 4.68 Å². The maximum atomic E-state index is 12.9. The zero-order valence-corrected chi connectivity index (χ0v) is 22.0. The fourth-order valence-electron chi connectivity index (χ4n) is 4.30. The Hall–Kier alpha value is -3.81. The maximum absolute atomic E-state index is 12.9. The molecule has 1 unspecified atom stereocenters. The molecule has 0 saturated carbocycles. The van der Waals surface area contributed by atoms with Crippen LogP contribution in [0.15, 0.2) is 60.7 Å². The molecule has 37 heavy (non-hydrogen) atoms. The fourth-order valence-corrected chi connectivity index (χ4v) is 4.30. The van der Waals surface area contributed by atoms with Crippen molar-refractivity contribution in [1.82, 2.24) is 14.7 Å². The van der Waals surface area contributed by atoms with Crippen LogP contribution < -0.4 is 4.74 Å². The topological polar surface area (TPSA) is 82.9 Å². The molecule has 4 rings (SSSR count). The van der Waals surface area contributed by atoms with E-state index in [1.54, 1.807) is 22.6 Å². The number of nitrogens with zero attached hydrogens (tertiary/aromatic N) is 3. The van der Waals surface area contributed by atoms with Crippen LogP contribution >= 0.6 is 0 Å². The van der Waals surface area contributed by atoms with Crippen LogP contribution in [0.2, 0.25) is 0 Å². The minimum Gasteiger partial charge on any atom is -0.461 e. The lowest BCUT2D eigenvalue weighted by Gasteiger charge is -2.28. The Balaban J connectivity index is 1.60. The third kappa shape index (κ3) is 6.90. The number of para-hydroxylation sites is 1. The number of amides is 1. The van der Waals surface area contributed by atoms with Gasteiger partial charge in [-0.15, -0.1) is 0 Å². The van der Waals surface area contributed by atoms with E-state index in [9.17, 15) is 9.59 Å². The molecule has 1 amide bonds. The molecule has 196 valence electrons. The summed E-state index contributed by atoms with van der Waals surface area (Å²) in [5, 5.41) is 4.83. The molecular weight excluding hydrogens is 470 g/mol. The fraction of sp³-hybridized carbons (Fsp3) is 0.414. The number of likely N-dealkylation sites (tertiary alicyclic amines) is 1. The summed E-state index contributed by atoms with van der Waals surface area (Å²) >= 11 is 0. The Morgan fingerprint density at radius 2 is 1.70 bits per heavy atom. The summed E-state index contributed by atoms with van der Waals surface area (Å²) in [5.74, 6) is 1.03. The lowest BCUT2D eigenvalue weighted by atomic mass is 10.1. The number of aromatic nitrogens is 2. The molecule has 3 aromatic rings. The number of hydrogen-bond donors (Lipinski definition) is 0. The van der Waals surface area contributed by atoms with Crippen LogP contribution in [0.5, 0.6) is 11.5 Å². The summed E-state index contributed by atoms with van der Waals surface area (Å²) in [6.45, 7) is 8.63. The van der Waals surface area contributed by atoms with Gasteiger partial charge in [0.2, 0.25) is 0 Å². The Morgan fingerprint density at radius 3 is 2.38 bits per heavy atom. The summed E-state index contributed by atoms with van der Waals surface area (Å²) in [6.07, 6.45) is 2.21. The predicted octanol–water partition coefficient (Wildman–Crippen LogP) is 6.48. The van der Waals surface area contributed by atoms with Gasteiger partial charge in [-0.05, 0) is 89.4 Å². The number of hydrogen-bond acceptors (Lipinski definition) is 6. The molecule has 1 fully saturated rings. The van der Waals surface area contributed by atoms with E-state index in [0.29, 0.717) is 30.2 Å². The minimum atomic E-state index is -0.579. The van der Waals surface area contributed by atoms with Crippen LogP contribution in [0, 0.1) is 0 Å². The van der Waals surface area contributed by atoms with Gasteiger partial charge >= 0.3 is 12.1 Å². The molecule has 1 aromatic heterocycles. The normalized spacial score (nSPS) is 16.1. The highest BCUT2D eigenvalue weighted by molar-refractivity contribution is 5.89. The molecule has 0 N–H and O–H groups in total. The van der Waals surface area contributed by atoms with E-state index in [4.69, 9.17) is 19.3 Å². The first-order valence-electron chi connectivity index (χ1n) is 12.8. The maximum Gasteiger partial charge on any atom is 0.410 e. The summed E-state index contributed by atoms with van der Waals surface area (Å²) in [6, 6.07) is 18.7. The first-order chi connectivity index (χ1) is 17.7. The number of ether oxygens (including phenoxy) is 3. The first-order valence-corrected chi connectivity index (χ1v) is 12.8. The van der Waals surface area contributed by atoms with E-state index in [0.717, 1.165) is 30.6 Å². The third-order valence-electron chi connectivity index (χ3n) is 5.99. The van der Waals surface area contributed by atoms with Crippen molar-refractivity contribution in [3.05, 3.63) is 66.4 Å². The average molecular weight is 506 g/mol. The van der Waals surface area contributed by atoms with Crippen LogP contribution in [0.25, 0.3) is 11.3 Å². The molecule has 0 radical (unpaired) electrons. The van der Waals surface area contributed by atoms with Gasteiger partial charge < -0.3 is 19.1 Å². The molecule has 8 heteroatoms. The number of benzene rings is 2. The molecule has 1 aliphatic rings. The van der Waals surface area contributed by atoms with Crippen LogP contribution in [-0.4, -0.2) is 52.0 Å². The van der Waals surface area contributed by atoms with Crippen molar-refractivity contribution >= 4 is 12.1 Å². The molecule has 8 nitrogen and oxygen atoms in total. The molecule has 1 saturated heterocycles. The summed E-state index contributed by atoms with van der Waals surface area (Å²) in [5.41, 5.74) is 1.30. The monoisotopic (exact) mass is 505 g/mol. The molecular formula is C29H35N3O5. The van der Waals surface area contributed by atoms with Crippen LogP contribution in [0.4, 0.5) is 4.79 Å². The number of carbonyl (C=O) groups is 2. The number of rotatable bonds is 6. The molecule has 1 atom stereocenters. The highest BCUT2D eigenvalue weighted by Gasteiger charge is 2.30. The highest BCUT2D eigenvalue weighted by atomic mass is 16.6. The average Bonchev–Trinajstić information content (AvgIpc) is 3.15. The summed E-state index contributed by atoms with van der Waals surface area (Å²) < 4.78 is 18.6. The van der Waals surface area contributed by atoms with Gasteiger partial charge in [0.1, 0.15) is 22.8 Å². The largest absolute Gasteiger partial charge is 0.461 e. The predicted molar refractivity (Wildman–Crippen MR) is 141 cm³/mol. The second-order valence-corrected chi connectivity index (χ2v) is 10.1. The zero-order valence-electron chi connectivity index (χ0n) is 22.0. The van der Waals surface area contributed by atoms with Crippen molar-refractivity contribution < 1.29 is 23.8 Å². The second-order valence-electron chi connectivity index (χ2n) is 10.1. The van der Waals surface area contributed by atoms with Crippen molar-refractivity contribution in [2.75, 3.05) is 19.7 Å². The molecule has 0 aliphatic carbocycles. The Kier molecular flexibility index (Phi) is 8.16. The van der Waals surface area contributed by atoms with Crippen LogP contribution in [0.1, 0.15) is 63.5 Å². The second kappa shape index (κ2) is 11.5. The Labute approximate surface area is 218 Å². The van der Waals surface area contributed by atoms with Gasteiger partial charge in [0.15, 0.2) is 0 Å². The Morgan fingerprint density at radius 1 is 1.00 bits per heavy atom. The van der Waals surface area contributed by atoms with Gasteiger partial charge in [-0.2, -0.15) is 5.10 Å². The highest BCUT2D eigenvalue weighted by Crippen LogP contribution is 2.29. The summed E-state index contributed by atoms with van der Waals surface area (Å²) in [7, 11) is 0. The van der Waals surface area contributed by atoms with E-state index < -0.39 is 11.6 Å². The Bertz CT molecular complexity index is 1200. The lowest BCUT2D eigenvalue weighted by molar-refractivity contribution is 0.0234. The third-order valence-corrected chi connectivity index (χ3v) is 5.99. The smallest absolute Gasteiger partial charge is 0.410 e. The molecule has 2 heterocycles. The minimum absolute atomic E-state index is 0.177. The number of carbonyl (C=O) groups excluding carboxylic acids is 2. The quantitative estimate of drug-likeness (QED) is 0.357. The molecule has 1 aliphatic heterocycles. The van der Waals surface area contributed by atoms with Crippen molar-refractivity contribution in [3.63, 3.8) is 0 Å². The van der Waals surface area contributed by atoms with E-state index in [1.807, 2.05) is 75.4 Å². The van der Waals surface area contributed by atoms with Gasteiger partial charge in [0, 0.05) is 18.7 Å². The van der Waals surface area contributed by atoms with Crippen molar-refractivity contribution in [2.45, 2.75) is 58.6 Å². The van der Waals surface area contributed by atoms with E-state index in [2.05, 4.69) is 0 Å². The molecule has 0 bridgehead atoms. The first kappa shape index (κ1) is 26.3. The SMILES string of the molecule is CCOC(=O)c1cc(-c2ccc(Oc3ccccc3)cc2)nn1C1CCCCN(C(=O)OC(C)(C)C)C1. The number of esters is 1. The molecule has 2 aromatic carbocycles. The van der Waals surface area contributed by atoms with Crippen LogP contribution in [-0.2, 0) is 9.47 Å². The standard InChI is InChI=1S/C29H35N3O5/c1-5-35-27(33)26-19-25(21-14-16-24(17-15-21)36-23-12-7-6-8-13-23)30-32(26)22-11-9-10-18-31(20-22)28(34)37-29(2,3)4/h6-8,12-17,19,22H,5,9-11,18,20H2,1-4H3. The van der Waals surface area contributed by atoms with Gasteiger partial charge in [-0.25, -0.2) is 9.59 Å². The summed E-state index contributed by atoms with van der Waals surface area (Å²) in [4.78, 5) is 27.4.